The number of nitrogens with zero attached hydrogens (tertiary/aromatic N) is 2. The normalized spacial score (nSPS) is 18.7. The summed E-state index contributed by atoms with van der Waals surface area (Å²) in [7, 11) is 0.500. The van der Waals surface area contributed by atoms with Crippen molar-refractivity contribution in [2.24, 2.45) is 5.92 Å². The number of carboxylic acid groups (broad SMARTS) is 1. The number of hydrogen-bond donors (Lipinski definition) is 4. The van der Waals surface area contributed by atoms with Gasteiger partial charge in [0.2, 0.25) is 16.9 Å². The molecule has 0 unspecified atom stereocenters. The number of aromatic nitrogens is 2. The molecule has 2 atom stereocenters. The molecule has 2 heterocycles. The van der Waals surface area contributed by atoms with Crippen molar-refractivity contribution in [3.8, 4) is 0 Å². The molecule has 0 bridgehead atoms. The number of nitrogens with one attached hydrogen (secondary N) is 3. The highest BCUT2D eigenvalue weighted by atomic mass is 32.1. The predicted molar refractivity (Wildman–Crippen MR) is 143 cm³/mol. The molecule has 0 radical (unpaired) electrons. The van der Waals surface area contributed by atoms with Crippen molar-refractivity contribution < 1.29 is 28.2 Å². The van der Waals surface area contributed by atoms with Gasteiger partial charge in [-0.1, -0.05) is 70.3 Å². The summed E-state index contributed by atoms with van der Waals surface area (Å²) in [4.78, 5) is 33.8. The minimum absolute atomic E-state index is 0. The van der Waals surface area contributed by atoms with Crippen molar-refractivity contribution in [2.75, 3.05) is 19.0 Å². The molecule has 1 saturated carbocycles. The van der Waals surface area contributed by atoms with Gasteiger partial charge >= 0.3 is 0 Å². The average Bonchev–Trinajstić information content (AvgIpc) is 3.21. The number of carbonyl (C=O) groups excluding carboxylic acids is 2. The SMILES string of the molecule is CC(=O)O.CC(C)(C)c1nnc(NC(=O)/C=C/[C@H](CC2CCCCC2)NC(=O)[C@@H]2CCN2)s1.CF.[HH].[HH].[HH]. The summed E-state index contributed by atoms with van der Waals surface area (Å²) >= 11 is 1.39. The van der Waals surface area contributed by atoms with Crippen LogP contribution in [0.15, 0.2) is 12.2 Å². The van der Waals surface area contributed by atoms with E-state index in [4.69, 9.17) is 9.90 Å². The van der Waals surface area contributed by atoms with Crippen LogP contribution in [0.3, 0.4) is 0 Å². The van der Waals surface area contributed by atoms with E-state index >= 15 is 0 Å². The van der Waals surface area contributed by atoms with Crippen molar-refractivity contribution in [1.29, 1.82) is 0 Å². The number of aliphatic carboxylic acids is 1. The molecule has 204 valence electrons. The highest BCUT2D eigenvalue weighted by molar-refractivity contribution is 7.15. The van der Waals surface area contributed by atoms with Gasteiger partial charge in [0.05, 0.1) is 13.2 Å². The summed E-state index contributed by atoms with van der Waals surface area (Å²) in [6, 6.07) is -0.221. The number of rotatable bonds is 7. The van der Waals surface area contributed by atoms with E-state index in [1.54, 1.807) is 0 Å². The number of alkyl halides is 1. The Hall–Kier alpha value is -2.40. The second-order valence-corrected chi connectivity index (χ2v) is 10.7. The van der Waals surface area contributed by atoms with Crippen LogP contribution < -0.4 is 16.0 Å². The molecule has 2 fully saturated rings. The molecule has 4 N–H and O–H groups in total. The van der Waals surface area contributed by atoms with Gasteiger partial charge < -0.3 is 15.7 Å². The van der Waals surface area contributed by atoms with Crippen LogP contribution in [0.25, 0.3) is 0 Å². The summed E-state index contributed by atoms with van der Waals surface area (Å²) in [5.74, 6) is -0.444. The van der Waals surface area contributed by atoms with E-state index < -0.39 is 5.97 Å². The molecule has 0 spiro atoms. The Morgan fingerprint density at radius 2 is 1.80 bits per heavy atom. The third-order valence-electron chi connectivity index (χ3n) is 5.56. The van der Waals surface area contributed by atoms with Crippen molar-refractivity contribution >= 4 is 34.3 Å². The Morgan fingerprint density at radius 1 is 1.20 bits per heavy atom. The number of anilines is 1. The summed E-state index contributed by atoms with van der Waals surface area (Å²) in [6.07, 6.45) is 11.3. The second-order valence-electron chi connectivity index (χ2n) is 9.68. The lowest BCUT2D eigenvalue weighted by Gasteiger charge is -2.30. The summed E-state index contributed by atoms with van der Waals surface area (Å²) in [6.45, 7) is 8.17. The van der Waals surface area contributed by atoms with Gasteiger partial charge in [0.15, 0.2) is 0 Å². The molecule has 1 aromatic rings. The van der Waals surface area contributed by atoms with Gasteiger partial charge in [-0.25, -0.2) is 0 Å². The molecular weight excluding hydrogens is 473 g/mol. The first-order valence-corrected chi connectivity index (χ1v) is 12.8. The van der Waals surface area contributed by atoms with E-state index in [0.717, 1.165) is 31.3 Å². The van der Waals surface area contributed by atoms with Gasteiger partial charge in [0, 0.05) is 28.7 Å². The van der Waals surface area contributed by atoms with Crippen LogP contribution in [0.2, 0.25) is 0 Å². The standard InChI is InChI=1S/C21H33N5O2S.C2H4O2.CH3F.3H2/c1-21(2,3)19-25-26-20(29-19)24-17(27)10-9-15(13-14-7-5-4-6-8-14)23-18(28)16-11-12-22-16;1-2(3)4;1-2;;;/h9-10,14-16,22H,4-8,11-13H2,1-3H3,(H,23,28)(H,24,26,27);1H3,(H,3,4);1H3;3*1H/b10-9+;;;;;/t15-,16+;;;;;/m1...../s1. The van der Waals surface area contributed by atoms with Crippen molar-refractivity contribution in [2.45, 2.75) is 90.1 Å². The lowest BCUT2D eigenvalue weighted by molar-refractivity contribution is -0.134. The minimum atomic E-state index is -0.833. The van der Waals surface area contributed by atoms with Gasteiger partial charge in [-0.15, -0.1) is 10.2 Å². The van der Waals surface area contributed by atoms with Crippen LogP contribution in [0.4, 0.5) is 9.52 Å². The molecule has 35 heavy (non-hydrogen) atoms. The molecule has 1 saturated heterocycles. The maximum absolute atomic E-state index is 12.4. The maximum Gasteiger partial charge on any atom is 0.300 e. The van der Waals surface area contributed by atoms with Crippen LogP contribution in [-0.4, -0.2) is 58.9 Å². The van der Waals surface area contributed by atoms with Crippen LogP contribution in [0, 0.1) is 5.92 Å². The second kappa shape index (κ2) is 15.6. The smallest absolute Gasteiger partial charge is 0.300 e. The first kappa shape index (κ1) is 30.6. The van der Waals surface area contributed by atoms with E-state index in [-0.39, 0.29) is 33.6 Å². The van der Waals surface area contributed by atoms with Crippen molar-refractivity contribution in [3.05, 3.63) is 17.2 Å². The topological polar surface area (TPSA) is 133 Å². The van der Waals surface area contributed by atoms with Gasteiger partial charge in [-0.3, -0.25) is 24.1 Å². The molecule has 9 nitrogen and oxygen atoms in total. The van der Waals surface area contributed by atoms with Crippen LogP contribution >= 0.6 is 11.3 Å². The van der Waals surface area contributed by atoms with E-state index in [0.29, 0.717) is 18.2 Å². The monoisotopic (exact) mass is 519 g/mol. The zero-order valence-corrected chi connectivity index (χ0v) is 22.2. The quantitative estimate of drug-likeness (QED) is 0.388. The van der Waals surface area contributed by atoms with Gasteiger partial charge in [0.25, 0.3) is 5.97 Å². The molecule has 2 aliphatic rings. The summed E-state index contributed by atoms with van der Waals surface area (Å²) in [5, 5.41) is 26.0. The largest absolute Gasteiger partial charge is 0.481 e. The summed E-state index contributed by atoms with van der Waals surface area (Å²) in [5.41, 5.74) is -0.0958. The Bertz CT molecular complexity index is 841. The molecule has 0 aromatic carbocycles. The van der Waals surface area contributed by atoms with Gasteiger partial charge in [0.1, 0.15) is 5.01 Å². The first-order chi connectivity index (χ1) is 16.5. The highest BCUT2D eigenvalue weighted by Gasteiger charge is 2.27. The zero-order chi connectivity index (χ0) is 26.4. The molecule has 1 aromatic heterocycles. The van der Waals surface area contributed by atoms with Crippen LogP contribution in [-0.2, 0) is 19.8 Å². The van der Waals surface area contributed by atoms with Crippen molar-refractivity contribution in [3.63, 3.8) is 0 Å². The van der Waals surface area contributed by atoms with E-state index in [9.17, 15) is 14.0 Å². The van der Waals surface area contributed by atoms with E-state index in [2.05, 4.69) is 46.9 Å². The number of halogens is 1. The van der Waals surface area contributed by atoms with Gasteiger partial charge in [-0.2, -0.15) is 0 Å². The first-order valence-electron chi connectivity index (χ1n) is 12.0. The maximum atomic E-state index is 12.4. The van der Waals surface area contributed by atoms with E-state index in [1.807, 2.05) is 6.08 Å². The number of hydrogen-bond acceptors (Lipinski definition) is 7. The Morgan fingerprint density at radius 3 is 2.29 bits per heavy atom. The molecule has 2 amide bonds. The Kier molecular flexibility index (Phi) is 13.6. The molecule has 1 aliphatic carbocycles. The fourth-order valence-electron chi connectivity index (χ4n) is 3.69. The highest BCUT2D eigenvalue weighted by Crippen LogP contribution is 2.28. The lowest BCUT2D eigenvalue weighted by atomic mass is 9.84. The fraction of sp³-hybridized carbons (Fsp3) is 0.708. The number of carboxylic acids is 1. The average molecular weight is 520 g/mol. The lowest BCUT2D eigenvalue weighted by Crippen LogP contribution is -2.55. The predicted octanol–water partition coefficient (Wildman–Crippen LogP) is 4.56. The molecule has 3 rings (SSSR count). The minimum Gasteiger partial charge on any atom is -0.481 e. The zero-order valence-electron chi connectivity index (χ0n) is 21.4. The Labute approximate surface area is 215 Å². The third kappa shape index (κ3) is 12.2. The fourth-order valence-corrected chi connectivity index (χ4v) is 4.50. The third-order valence-corrected chi connectivity index (χ3v) is 6.82. The molecular formula is C24H46FN5O4S. The molecule has 11 heteroatoms. The Balaban J connectivity index is -0.00000125. The molecule has 1 aliphatic heterocycles. The van der Waals surface area contributed by atoms with E-state index in [1.165, 1.54) is 49.5 Å². The van der Waals surface area contributed by atoms with Gasteiger partial charge in [-0.05, 0) is 25.3 Å². The van der Waals surface area contributed by atoms with Crippen LogP contribution in [0.5, 0.6) is 0 Å². The van der Waals surface area contributed by atoms with Crippen molar-refractivity contribution in [1.82, 2.24) is 20.8 Å². The van der Waals surface area contributed by atoms with Crippen LogP contribution in [0.1, 0.15) is 81.9 Å². The number of amides is 2. The number of carbonyl (C=O) groups is 3. The summed E-state index contributed by atoms with van der Waals surface area (Å²) < 4.78 is 9.50.